The van der Waals surface area contributed by atoms with Crippen molar-refractivity contribution in [1.29, 1.82) is 0 Å². The van der Waals surface area contributed by atoms with E-state index in [2.05, 4.69) is 37.4 Å². The molecule has 1 aliphatic rings. The molecule has 1 saturated heterocycles. The van der Waals surface area contributed by atoms with E-state index in [9.17, 15) is 4.79 Å². The molecule has 110 valence electrons. The Morgan fingerprint density at radius 2 is 2.00 bits per heavy atom. The molecule has 1 aliphatic heterocycles. The maximum absolute atomic E-state index is 12.0. The number of hydrogen-bond acceptors (Lipinski definition) is 3. The average molecular weight is 277 g/mol. The van der Waals surface area contributed by atoms with E-state index in [0.29, 0.717) is 19.8 Å². The van der Waals surface area contributed by atoms with Crippen LogP contribution in [0.4, 0.5) is 0 Å². The Labute approximate surface area is 120 Å². The fourth-order valence-corrected chi connectivity index (χ4v) is 2.57. The number of carbonyl (C=O) groups is 1. The van der Waals surface area contributed by atoms with E-state index in [1.807, 2.05) is 6.92 Å². The van der Waals surface area contributed by atoms with Gasteiger partial charge in [-0.15, -0.1) is 0 Å². The zero-order chi connectivity index (χ0) is 14.5. The molecular weight excluding hydrogens is 254 g/mol. The number of benzene rings is 1. The second-order valence-corrected chi connectivity index (χ2v) is 5.54. The van der Waals surface area contributed by atoms with Crippen LogP contribution in [0.15, 0.2) is 18.2 Å². The van der Waals surface area contributed by atoms with Crippen LogP contribution < -0.4 is 5.32 Å². The van der Waals surface area contributed by atoms with Crippen LogP contribution in [0.25, 0.3) is 0 Å². The lowest BCUT2D eigenvalue weighted by Gasteiger charge is -2.24. The number of amides is 1. The van der Waals surface area contributed by atoms with Gasteiger partial charge in [0.15, 0.2) is 6.10 Å². The molecule has 1 aromatic carbocycles. The molecule has 1 aromatic rings. The summed E-state index contributed by atoms with van der Waals surface area (Å²) in [5.41, 5.74) is 3.75. The maximum atomic E-state index is 12.0. The van der Waals surface area contributed by atoms with E-state index in [0.717, 1.165) is 6.42 Å². The molecule has 4 heteroatoms. The van der Waals surface area contributed by atoms with E-state index in [1.165, 1.54) is 16.7 Å². The Balaban J connectivity index is 1.88. The molecule has 0 spiro atoms. The molecule has 0 bridgehead atoms. The number of ether oxygens (including phenoxy) is 2. The molecule has 2 atom stereocenters. The molecule has 0 aromatic heterocycles. The second kappa shape index (κ2) is 6.86. The Hall–Kier alpha value is -1.39. The van der Waals surface area contributed by atoms with E-state index < -0.39 is 6.10 Å². The van der Waals surface area contributed by atoms with Crippen molar-refractivity contribution in [2.45, 2.75) is 39.3 Å². The monoisotopic (exact) mass is 277 g/mol. The van der Waals surface area contributed by atoms with Gasteiger partial charge in [0.25, 0.3) is 5.91 Å². The summed E-state index contributed by atoms with van der Waals surface area (Å²) in [6, 6.07) is 6.56. The Morgan fingerprint density at radius 3 is 2.60 bits per heavy atom. The van der Waals surface area contributed by atoms with Crippen molar-refractivity contribution in [3.8, 4) is 0 Å². The van der Waals surface area contributed by atoms with Crippen molar-refractivity contribution < 1.29 is 14.3 Å². The highest BCUT2D eigenvalue weighted by Crippen LogP contribution is 2.11. The zero-order valence-electron chi connectivity index (χ0n) is 12.4. The highest BCUT2D eigenvalue weighted by molar-refractivity contribution is 5.81. The van der Waals surface area contributed by atoms with Crippen molar-refractivity contribution in [3.05, 3.63) is 34.9 Å². The first-order valence-corrected chi connectivity index (χ1v) is 7.11. The molecule has 2 rings (SSSR count). The van der Waals surface area contributed by atoms with Gasteiger partial charge in [0.05, 0.1) is 19.8 Å². The number of hydrogen-bond donors (Lipinski definition) is 1. The summed E-state index contributed by atoms with van der Waals surface area (Å²) < 4.78 is 10.6. The Bertz CT molecular complexity index is 447. The molecule has 0 radical (unpaired) electrons. The van der Waals surface area contributed by atoms with Crippen LogP contribution in [-0.4, -0.2) is 37.9 Å². The van der Waals surface area contributed by atoms with Gasteiger partial charge in [-0.05, 0) is 32.8 Å². The van der Waals surface area contributed by atoms with Gasteiger partial charge in [0.1, 0.15) is 0 Å². The van der Waals surface area contributed by atoms with Crippen LogP contribution in [0.5, 0.6) is 0 Å². The predicted molar refractivity (Wildman–Crippen MR) is 77.8 cm³/mol. The summed E-state index contributed by atoms with van der Waals surface area (Å²) in [4.78, 5) is 12.0. The van der Waals surface area contributed by atoms with Gasteiger partial charge in [0, 0.05) is 6.04 Å². The van der Waals surface area contributed by atoms with Gasteiger partial charge in [-0.25, -0.2) is 0 Å². The van der Waals surface area contributed by atoms with Gasteiger partial charge in [-0.3, -0.25) is 4.79 Å². The standard InChI is InChI=1S/C16H23NO3/c1-11-6-12(2)8-14(7-11)9-13(3)17-16(18)15-10-19-4-5-20-15/h6-8,13,15H,4-5,9-10H2,1-3H3,(H,17,18)/t13-,15-/m1/s1. The molecule has 4 nitrogen and oxygen atoms in total. The van der Waals surface area contributed by atoms with E-state index >= 15 is 0 Å². The van der Waals surface area contributed by atoms with Crippen LogP contribution in [0.1, 0.15) is 23.6 Å². The summed E-state index contributed by atoms with van der Waals surface area (Å²) in [7, 11) is 0. The minimum absolute atomic E-state index is 0.0780. The van der Waals surface area contributed by atoms with Crippen LogP contribution in [0.2, 0.25) is 0 Å². The van der Waals surface area contributed by atoms with Crippen LogP contribution >= 0.6 is 0 Å². The topological polar surface area (TPSA) is 47.6 Å². The molecule has 20 heavy (non-hydrogen) atoms. The number of nitrogens with one attached hydrogen (secondary N) is 1. The first kappa shape index (κ1) is 15.0. The average Bonchev–Trinajstić information content (AvgIpc) is 2.38. The van der Waals surface area contributed by atoms with Gasteiger partial charge >= 0.3 is 0 Å². The molecule has 1 N–H and O–H groups in total. The maximum Gasteiger partial charge on any atom is 0.251 e. The van der Waals surface area contributed by atoms with Crippen molar-refractivity contribution in [3.63, 3.8) is 0 Å². The number of rotatable bonds is 4. The number of carbonyl (C=O) groups excluding carboxylic acids is 1. The fourth-order valence-electron chi connectivity index (χ4n) is 2.57. The third kappa shape index (κ3) is 4.32. The summed E-state index contributed by atoms with van der Waals surface area (Å²) in [6.45, 7) is 7.60. The van der Waals surface area contributed by atoms with E-state index in [-0.39, 0.29) is 11.9 Å². The van der Waals surface area contributed by atoms with Crippen molar-refractivity contribution in [2.24, 2.45) is 0 Å². The molecular formula is C16H23NO3. The first-order valence-electron chi connectivity index (χ1n) is 7.11. The van der Waals surface area contributed by atoms with Gasteiger partial charge in [0.2, 0.25) is 0 Å². The van der Waals surface area contributed by atoms with Crippen molar-refractivity contribution in [1.82, 2.24) is 5.32 Å². The molecule has 0 unspecified atom stereocenters. The molecule has 0 saturated carbocycles. The Morgan fingerprint density at radius 1 is 1.30 bits per heavy atom. The summed E-state index contributed by atoms with van der Waals surface area (Å²) in [6.07, 6.45) is 0.354. The lowest BCUT2D eigenvalue weighted by atomic mass is 10.0. The second-order valence-electron chi connectivity index (χ2n) is 5.54. The van der Waals surface area contributed by atoms with Crippen molar-refractivity contribution >= 4 is 5.91 Å². The molecule has 1 heterocycles. The van der Waals surface area contributed by atoms with E-state index in [4.69, 9.17) is 9.47 Å². The SMILES string of the molecule is Cc1cc(C)cc(C[C@@H](C)NC(=O)[C@H]2COCCO2)c1. The quantitative estimate of drug-likeness (QED) is 0.912. The Kier molecular flexibility index (Phi) is 5.15. The van der Waals surface area contributed by atoms with Gasteiger partial charge < -0.3 is 14.8 Å². The first-order chi connectivity index (χ1) is 9.54. The predicted octanol–water partition coefficient (Wildman–Crippen LogP) is 1.77. The third-order valence-electron chi connectivity index (χ3n) is 3.32. The van der Waals surface area contributed by atoms with Crippen molar-refractivity contribution in [2.75, 3.05) is 19.8 Å². The minimum atomic E-state index is -0.467. The molecule has 1 amide bonds. The summed E-state index contributed by atoms with van der Waals surface area (Å²) >= 11 is 0. The lowest BCUT2D eigenvalue weighted by molar-refractivity contribution is -0.148. The third-order valence-corrected chi connectivity index (χ3v) is 3.32. The molecule has 0 aliphatic carbocycles. The fraction of sp³-hybridized carbons (Fsp3) is 0.562. The highest BCUT2D eigenvalue weighted by Gasteiger charge is 2.23. The molecule has 1 fully saturated rings. The van der Waals surface area contributed by atoms with Gasteiger partial charge in [-0.1, -0.05) is 29.3 Å². The lowest BCUT2D eigenvalue weighted by Crippen LogP contribution is -2.46. The summed E-state index contributed by atoms with van der Waals surface area (Å²) in [5, 5.41) is 2.99. The van der Waals surface area contributed by atoms with Crippen LogP contribution in [-0.2, 0) is 20.7 Å². The highest BCUT2D eigenvalue weighted by atomic mass is 16.6. The summed E-state index contributed by atoms with van der Waals surface area (Å²) in [5.74, 6) is -0.0819. The minimum Gasteiger partial charge on any atom is -0.376 e. The zero-order valence-corrected chi connectivity index (χ0v) is 12.4. The van der Waals surface area contributed by atoms with Gasteiger partial charge in [-0.2, -0.15) is 0 Å². The number of aryl methyl sites for hydroxylation is 2. The largest absolute Gasteiger partial charge is 0.376 e. The van der Waals surface area contributed by atoms with Crippen LogP contribution in [0, 0.1) is 13.8 Å². The normalized spacial score (nSPS) is 20.4. The van der Waals surface area contributed by atoms with E-state index in [1.54, 1.807) is 0 Å². The smallest absolute Gasteiger partial charge is 0.251 e. The van der Waals surface area contributed by atoms with Crippen LogP contribution in [0.3, 0.4) is 0 Å².